The Morgan fingerprint density at radius 3 is 2.33 bits per heavy atom. The molecule has 1 rings (SSSR count). The van der Waals surface area contributed by atoms with E-state index in [1.54, 1.807) is 0 Å². The van der Waals surface area contributed by atoms with Gasteiger partial charge in [-0.15, -0.1) is 0 Å². The molecule has 0 bridgehead atoms. The van der Waals surface area contributed by atoms with Crippen LogP contribution < -0.4 is 0 Å². The minimum absolute atomic E-state index is 0.0173. The first-order valence-electron chi connectivity index (χ1n) is 4.97. The van der Waals surface area contributed by atoms with Gasteiger partial charge in [0.1, 0.15) is 24.4 Å². The van der Waals surface area contributed by atoms with Gasteiger partial charge < -0.3 is 20.1 Å². The van der Waals surface area contributed by atoms with Crippen molar-refractivity contribution in [3.63, 3.8) is 0 Å². The van der Waals surface area contributed by atoms with Crippen molar-refractivity contribution in [2.75, 3.05) is 6.61 Å². The van der Waals surface area contributed by atoms with Gasteiger partial charge in [-0.3, -0.25) is 0 Å². The fourth-order valence-corrected chi connectivity index (χ4v) is 1.81. The maximum absolute atomic E-state index is 10.4. The summed E-state index contributed by atoms with van der Waals surface area (Å²) in [5.74, 6) is -0.0173. The van der Waals surface area contributed by atoms with Crippen LogP contribution in [0.5, 0.6) is 0 Å². The Hall–Kier alpha value is -0.560. The zero-order valence-corrected chi connectivity index (χ0v) is 8.78. The van der Waals surface area contributed by atoms with Crippen LogP contribution in [0.1, 0.15) is 13.8 Å². The van der Waals surface area contributed by atoms with Crippen LogP contribution in [0.3, 0.4) is 0 Å². The molecule has 0 saturated carbocycles. The Bertz CT molecular complexity index is 221. The molecule has 6 nitrogen and oxygen atoms in total. The molecule has 0 radical (unpaired) electrons. The SMILES string of the molecule is CC(C)C1OC(CO)C(N=O)C(O)C1O. The highest BCUT2D eigenvalue weighted by Crippen LogP contribution is 2.27. The molecule has 15 heavy (non-hydrogen) atoms. The molecule has 0 spiro atoms. The molecule has 1 aliphatic rings. The number of aliphatic hydroxyl groups is 3. The van der Waals surface area contributed by atoms with Crippen LogP contribution in [0.4, 0.5) is 0 Å². The van der Waals surface area contributed by atoms with Gasteiger partial charge in [0.2, 0.25) is 0 Å². The average molecular weight is 219 g/mol. The Morgan fingerprint density at radius 1 is 1.33 bits per heavy atom. The van der Waals surface area contributed by atoms with E-state index < -0.39 is 37.1 Å². The van der Waals surface area contributed by atoms with Crippen molar-refractivity contribution in [3.05, 3.63) is 4.91 Å². The quantitative estimate of drug-likeness (QED) is 0.543. The molecule has 5 unspecified atom stereocenters. The summed E-state index contributed by atoms with van der Waals surface area (Å²) >= 11 is 0. The summed E-state index contributed by atoms with van der Waals surface area (Å²) < 4.78 is 5.33. The smallest absolute Gasteiger partial charge is 0.149 e. The van der Waals surface area contributed by atoms with E-state index in [2.05, 4.69) is 5.18 Å². The van der Waals surface area contributed by atoms with E-state index in [-0.39, 0.29) is 5.92 Å². The fourth-order valence-electron chi connectivity index (χ4n) is 1.81. The van der Waals surface area contributed by atoms with Gasteiger partial charge in [-0.05, 0) is 5.92 Å². The molecule has 5 atom stereocenters. The second kappa shape index (κ2) is 4.98. The normalized spacial score (nSPS) is 41.9. The lowest BCUT2D eigenvalue weighted by Crippen LogP contribution is -2.59. The van der Waals surface area contributed by atoms with E-state index in [4.69, 9.17) is 9.84 Å². The van der Waals surface area contributed by atoms with Crippen molar-refractivity contribution in [1.82, 2.24) is 0 Å². The second-order valence-electron chi connectivity index (χ2n) is 4.14. The molecule has 88 valence electrons. The van der Waals surface area contributed by atoms with E-state index in [1.165, 1.54) is 0 Å². The van der Waals surface area contributed by atoms with Crippen LogP contribution in [0, 0.1) is 10.8 Å². The lowest BCUT2D eigenvalue weighted by Gasteiger charge is -2.41. The zero-order chi connectivity index (χ0) is 11.6. The first-order valence-corrected chi connectivity index (χ1v) is 4.97. The molecule has 0 aromatic carbocycles. The molecular weight excluding hydrogens is 202 g/mol. The summed E-state index contributed by atoms with van der Waals surface area (Å²) in [6.07, 6.45) is -3.85. The van der Waals surface area contributed by atoms with Gasteiger partial charge in [0.15, 0.2) is 0 Å². The van der Waals surface area contributed by atoms with Gasteiger partial charge in [-0.2, -0.15) is 4.91 Å². The monoisotopic (exact) mass is 219 g/mol. The van der Waals surface area contributed by atoms with Gasteiger partial charge in [-0.1, -0.05) is 19.0 Å². The Morgan fingerprint density at radius 2 is 1.93 bits per heavy atom. The molecule has 3 N–H and O–H groups in total. The summed E-state index contributed by atoms with van der Waals surface area (Å²) in [6, 6.07) is -1.11. The Labute approximate surface area is 87.8 Å². The van der Waals surface area contributed by atoms with Crippen LogP contribution >= 0.6 is 0 Å². The molecule has 0 amide bonds. The summed E-state index contributed by atoms with van der Waals surface area (Å²) in [5.41, 5.74) is 0. The molecule has 6 heteroatoms. The van der Waals surface area contributed by atoms with E-state index in [9.17, 15) is 15.1 Å². The molecule has 0 aromatic heterocycles. The molecular formula is C9H17NO5. The fraction of sp³-hybridized carbons (Fsp3) is 1.00. The lowest BCUT2D eigenvalue weighted by molar-refractivity contribution is -0.198. The van der Waals surface area contributed by atoms with Gasteiger partial charge in [0.25, 0.3) is 0 Å². The van der Waals surface area contributed by atoms with Crippen molar-refractivity contribution in [3.8, 4) is 0 Å². The van der Waals surface area contributed by atoms with Gasteiger partial charge in [0, 0.05) is 0 Å². The largest absolute Gasteiger partial charge is 0.394 e. The van der Waals surface area contributed by atoms with Crippen LogP contribution in [0.2, 0.25) is 0 Å². The maximum atomic E-state index is 10.4. The predicted octanol–water partition coefficient (Wildman–Crippen LogP) is -0.741. The second-order valence-corrected chi connectivity index (χ2v) is 4.14. The van der Waals surface area contributed by atoms with Gasteiger partial charge in [-0.25, -0.2) is 0 Å². The predicted molar refractivity (Wildman–Crippen MR) is 52.2 cm³/mol. The third-order valence-corrected chi connectivity index (χ3v) is 2.71. The molecule has 0 aliphatic carbocycles. The molecule has 0 aromatic rings. The maximum Gasteiger partial charge on any atom is 0.149 e. The highest BCUT2D eigenvalue weighted by molar-refractivity contribution is 4.96. The minimum atomic E-state index is -1.28. The molecule has 1 fully saturated rings. The zero-order valence-electron chi connectivity index (χ0n) is 8.78. The first-order chi connectivity index (χ1) is 7.02. The third kappa shape index (κ3) is 2.34. The number of nitrogens with zero attached hydrogens (tertiary/aromatic N) is 1. The Balaban J connectivity index is 2.82. The summed E-state index contributed by atoms with van der Waals surface area (Å²) in [4.78, 5) is 10.4. The number of hydrogen-bond donors (Lipinski definition) is 3. The lowest BCUT2D eigenvalue weighted by atomic mass is 9.88. The molecule has 1 heterocycles. The summed E-state index contributed by atoms with van der Waals surface area (Å²) in [6.45, 7) is 3.25. The summed E-state index contributed by atoms with van der Waals surface area (Å²) in [5, 5.41) is 31.0. The van der Waals surface area contributed by atoms with Crippen molar-refractivity contribution < 1.29 is 20.1 Å². The molecule has 1 aliphatic heterocycles. The minimum Gasteiger partial charge on any atom is -0.394 e. The first kappa shape index (κ1) is 12.5. The van der Waals surface area contributed by atoms with Crippen LogP contribution in [0.25, 0.3) is 0 Å². The van der Waals surface area contributed by atoms with E-state index in [0.29, 0.717) is 0 Å². The van der Waals surface area contributed by atoms with Crippen molar-refractivity contribution in [2.24, 2.45) is 11.1 Å². The third-order valence-electron chi connectivity index (χ3n) is 2.71. The number of hydrogen-bond acceptors (Lipinski definition) is 6. The highest BCUT2D eigenvalue weighted by atomic mass is 16.5. The summed E-state index contributed by atoms with van der Waals surface area (Å²) in [7, 11) is 0. The number of ether oxygens (including phenoxy) is 1. The standard InChI is InChI=1S/C9H17NO5/c1-4(2)9-8(13)7(12)6(10-14)5(3-11)15-9/h4-9,11-13H,3H2,1-2H3. The Kier molecular flexibility index (Phi) is 4.15. The van der Waals surface area contributed by atoms with E-state index in [1.807, 2.05) is 13.8 Å². The van der Waals surface area contributed by atoms with Gasteiger partial charge >= 0.3 is 0 Å². The number of nitroso groups, excluding NO2 is 1. The van der Waals surface area contributed by atoms with E-state index >= 15 is 0 Å². The molecule has 1 saturated heterocycles. The van der Waals surface area contributed by atoms with E-state index in [0.717, 1.165) is 0 Å². The van der Waals surface area contributed by atoms with Crippen molar-refractivity contribution in [2.45, 2.75) is 44.3 Å². The van der Waals surface area contributed by atoms with Crippen molar-refractivity contribution in [1.29, 1.82) is 0 Å². The number of aliphatic hydroxyl groups excluding tert-OH is 3. The topological polar surface area (TPSA) is 99.4 Å². The van der Waals surface area contributed by atoms with Gasteiger partial charge in [0.05, 0.1) is 12.7 Å². The highest BCUT2D eigenvalue weighted by Gasteiger charge is 2.46. The van der Waals surface area contributed by atoms with Crippen molar-refractivity contribution >= 4 is 0 Å². The van der Waals surface area contributed by atoms with Crippen LogP contribution in [-0.4, -0.2) is 52.4 Å². The van der Waals surface area contributed by atoms with Crippen LogP contribution in [-0.2, 0) is 4.74 Å². The van der Waals surface area contributed by atoms with Crippen LogP contribution in [0.15, 0.2) is 5.18 Å². The average Bonchev–Trinajstić information content (AvgIpc) is 2.21. The number of rotatable bonds is 3.